The van der Waals surface area contributed by atoms with Crippen molar-refractivity contribution in [3.05, 3.63) is 12.7 Å². The van der Waals surface area contributed by atoms with E-state index in [1.807, 2.05) is 0 Å². The molecule has 0 spiro atoms. The van der Waals surface area contributed by atoms with Gasteiger partial charge in [-0.3, -0.25) is 4.57 Å². The van der Waals surface area contributed by atoms with Gasteiger partial charge in [-0.1, -0.05) is 6.08 Å². The number of hydrogen-bond donors (Lipinski definition) is 2. The lowest BCUT2D eigenvalue weighted by Crippen LogP contribution is -1.87. The van der Waals surface area contributed by atoms with Crippen LogP contribution >= 0.6 is 7.60 Å². The van der Waals surface area contributed by atoms with Crippen molar-refractivity contribution in [2.75, 3.05) is 0 Å². The van der Waals surface area contributed by atoms with Gasteiger partial charge in [-0.15, -0.1) is 6.58 Å². The SMILES string of the molecule is C=CC1CC1P(=O)(O)O. The molecule has 0 bridgehead atoms. The van der Waals surface area contributed by atoms with E-state index in [1.54, 1.807) is 6.08 Å². The number of rotatable bonds is 2. The quantitative estimate of drug-likeness (QED) is 0.448. The maximum Gasteiger partial charge on any atom is 0.329 e. The van der Waals surface area contributed by atoms with Crippen LogP contribution in [0.3, 0.4) is 0 Å². The van der Waals surface area contributed by atoms with Crippen LogP contribution in [0, 0.1) is 5.92 Å². The van der Waals surface area contributed by atoms with E-state index in [0.717, 1.165) is 0 Å². The van der Waals surface area contributed by atoms with Crippen LogP contribution in [0.1, 0.15) is 6.42 Å². The summed E-state index contributed by atoms with van der Waals surface area (Å²) in [5.41, 5.74) is -0.421. The lowest BCUT2D eigenvalue weighted by molar-refractivity contribution is 0.370. The van der Waals surface area contributed by atoms with Crippen LogP contribution in [0.2, 0.25) is 0 Å². The summed E-state index contributed by atoms with van der Waals surface area (Å²) < 4.78 is 10.4. The number of hydrogen-bond acceptors (Lipinski definition) is 1. The highest BCUT2D eigenvalue weighted by Crippen LogP contribution is 2.58. The maximum absolute atomic E-state index is 10.4. The Balaban J connectivity index is 2.52. The molecule has 0 aromatic rings. The summed E-state index contributed by atoms with van der Waals surface area (Å²) in [6.07, 6.45) is 2.21. The molecule has 0 aromatic heterocycles. The Morgan fingerprint density at radius 1 is 1.67 bits per heavy atom. The second-order valence-electron chi connectivity index (χ2n) is 2.29. The van der Waals surface area contributed by atoms with Crippen LogP contribution in [0.4, 0.5) is 0 Å². The molecule has 1 aliphatic carbocycles. The van der Waals surface area contributed by atoms with E-state index in [2.05, 4.69) is 6.58 Å². The van der Waals surface area contributed by atoms with Crippen molar-refractivity contribution >= 4 is 7.60 Å². The van der Waals surface area contributed by atoms with Crippen LogP contribution in [-0.2, 0) is 4.57 Å². The fraction of sp³-hybridized carbons (Fsp3) is 0.600. The minimum atomic E-state index is -3.77. The molecule has 2 N–H and O–H groups in total. The molecule has 0 radical (unpaired) electrons. The van der Waals surface area contributed by atoms with Gasteiger partial charge >= 0.3 is 7.60 Å². The van der Waals surface area contributed by atoms with E-state index in [9.17, 15) is 4.57 Å². The van der Waals surface area contributed by atoms with Crippen molar-refractivity contribution in [3.8, 4) is 0 Å². The fourth-order valence-electron chi connectivity index (χ4n) is 0.840. The largest absolute Gasteiger partial charge is 0.329 e. The van der Waals surface area contributed by atoms with E-state index in [-0.39, 0.29) is 5.92 Å². The number of allylic oxidation sites excluding steroid dienone is 1. The summed E-state index contributed by atoms with van der Waals surface area (Å²) >= 11 is 0. The van der Waals surface area contributed by atoms with E-state index in [4.69, 9.17) is 9.79 Å². The van der Waals surface area contributed by atoms with Gasteiger partial charge in [0.2, 0.25) is 0 Å². The minimum Gasteiger partial charge on any atom is -0.324 e. The highest BCUT2D eigenvalue weighted by Gasteiger charge is 2.47. The Kier molecular flexibility index (Phi) is 1.51. The van der Waals surface area contributed by atoms with Crippen molar-refractivity contribution in [3.63, 3.8) is 0 Å². The zero-order valence-electron chi connectivity index (χ0n) is 4.90. The molecular formula is C5H9O3P. The summed E-state index contributed by atoms with van der Waals surface area (Å²) in [5, 5.41) is 0. The summed E-state index contributed by atoms with van der Waals surface area (Å²) in [7, 11) is -3.77. The van der Waals surface area contributed by atoms with Crippen LogP contribution in [0.15, 0.2) is 12.7 Å². The van der Waals surface area contributed by atoms with Gasteiger partial charge in [-0.2, -0.15) is 0 Å². The molecule has 0 aliphatic heterocycles. The second-order valence-corrected chi connectivity index (χ2v) is 4.13. The second kappa shape index (κ2) is 1.94. The molecular weight excluding hydrogens is 139 g/mol. The van der Waals surface area contributed by atoms with Gasteiger partial charge in [-0.25, -0.2) is 0 Å². The molecule has 2 atom stereocenters. The summed E-state index contributed by atoms with van der Waals surface area (Å²) in [5.74, 6) is 0.0610. The van der Waals surface area contributed by atoms with E-state index < -0.39 is 13.3 Å². The first-order chi connectivity index (χ1) is 4.05. The maximum atomic E-state index is 10.4. The average molecular weight is 148 g/mol. The Morgan fingerprint density at radius 2 is 2.22 bits per heavy atom. The van der Waals surface area contributed by atoms with Crippen LogP contribution in [0.25, 0.3) is 0 Å². The van der Waals surface area contributed by atoms with E-state index in [0.29, 0.717) is 6.42 Å². The van der Waals surface area contributed by atoms with Crippen molar-refractivity contribution in [1.29, 1.82) is 0 Å². The first-order valence-corrected chi connectivity index (χ1v) is 4.41. The third-order valence-corrected chi connectivity index (χ3v) is 3.00. The monoisotopic (exact) mass is 148 g/mol. The van der Waals surface area contributed by atoms with Gasteiger partial charge in [0.15, 0.2) is 0 Å². The zero-order valence-corrected chi connectivity index (χ0v) is 5.79. The highest BCUT2D eigenvalue weighted by molar-refractivity contribution is 7.53. The van der Waals surface area contributed by atoms with Gasteiger partial charge in [0, 0.05) is 0 Å². The smallest absolute Gasteiger partial charge is 0.324 e. The fourth-order valence-corrected chi connectivity index (χ4v) is 1.98. The lowest BCUT2D eigenvalue weighted by Gasteiger charge is -1.97. The van der Waals surface area contributed by atoms with Crippen LogP contribution < -0.4 is 0 Å². The van der Waals surface area contributed by atoms with Gasteiger partial charge < -0.3 is 9.79 Å². The third-order valence-electron chi connectivity index (χ3n) is 1.54. The predicted octanol–water partition coefficient (Wildman–Crippen LogP) is 0.739. The third kappa shape index (κ3) is 1.42. The minimum absolute atomic E-state index is 0.0610. The molecule has 0 amide bonds. The standard InChI is InChI=1S/C5H9O3P/c1-2-4-3-5(4)9(6,7)8/h2,4-5H,1,3H2,(H2,6,7,8). The molecule has 1 fully saturated rings. The van der Waals surface area contributed by atoms with Crippen molar-refractivity contribution < 1.29 is 14.4 Å². The molecule has 1 rings (SSSR count). The molecule has 2 unspecified atom stereocenters. The van der Waals surface area contributed by atoms with Crippen molar-refractivity contribution in [2.45, 2.75) is 12.1 Å². The van der Waals surface area contributed by atoms with Gasteiger partial charge in [0.05, 0.1) is 5.66 Å². The molecule has 9 heavy (non-hydrogen) atoms. The Morgan fingerprint density at radius 3 is 2.33 bits per heavy atom. The van der Waals surface area contributed by atoms with Gasteiger partial charge in [-0.05, 0) is 12.3 Å². The van der Waals surface area contributed by atoms with Crippen LogP contribution in [0.5, 0.6) is 0 Å². The van der Waals surface area contributed by atoms with Gasteiger partial charge in [0.1, 0.15) is 0 Å². The van der Waals surface area contributed by atoms with Gasteiger partial charge in [0.25, 0.3) is 0 Å². The molecule has 0 aromatic carbocycles. The lowest BCUT2D eigenvalue weighted by atomic mass is 10.4. The Bertz CT molecular complexity index is 171. The molecule has 0 heterocycles. The molecule has 52 valence electrons. The highest BCUT2D eigenvalue weighted by atomic mass is 31.2. The van der Waals surface area contributed by atoms with Crippen LogP contribution in [-0.4, -0.2) is 15.4 Å². The van der Waals surface area contributed by atoms with E-state index >= 15 is 0 Å². The predicted molar refractivity (Wildman–Crippen MR) is 34.1 cm³/mol. The molecule has 1 aliphatic rings. The molecule has 0 saturated heterocycles. The zero-order chi connectivity index (χ0) is 7.07. The Labute approximate surface area is 53.6 Å². The molecule has 3 nitrogen and oxygen atoms in total. The molecule has 4 heteroatoms. The normalized spacial score (nSPS) is 34.0. The first-order valence-electron chi connectivity index (χ1n) is 2.73. The summed E-state index contributed by atoms with van der Waals surface area (Å²) in [6.45, 7) is 3.44. The summed E-state index contributed by atoms with van der Waals surface area (Å²) in [4.78, 5) is 17.0. The van der Waals surface area contributed by atoms with Crippen molar-refractivity contribution in [1.82, 2.24) is 0 Å². The average Bonchev–Trinajstić information content (AvgIpc) is 2.39. The summed E-state index contributed by atoms with van der Waals surface area (Å²) in [6, 6.07) is 0. The van der Waals surface area contributed by atoms with E-state index in [1.165, 1.54) is 0 Å². The Hall–Kier alpha value is -0.110. The topological polar surface area (TPSA) is 57.5 Å². The van der Waals surface area contributed by atoms with Crippen molar-refractivity contribution in [2.24, 2.45) is 5.92 Å². The molecule has 1 saturated carbocycles. The first kappa shape index (κ1) is 7.00.